The van der Waals surface area contributed by atoms with Gasteiger partial charge in [0, 0.05) is 6.92 Å². The molecular formula is C10H13N5O3. The number of hydrogen-bond acceptors (Lipinski definition) is 6. The Bertz CT molecular complexity index is 553. The first kappa shape index (κ1) is 12.4. The predicted octanol–water partition coefficient (Wildman–Crippen LogP) is -0.249. The Morgan fingerprint density at radius 1 is 1.56 bits per heavy atom. The van der Waals surface area contributed by atoms with Crippen molar-refractivity contribution in [3.8, 4) is 0 Å². The molecule has 96 valence electrons. The van der Waals surface area contributed by atoms with Crippen LogP contribution in [-0.4, -0.2) is 43.7 Å². The van der Waals surface area contributed by atoms with E-state index in [1.807, 2.05) is 0 Å². The normalized spacial score (nSPS) is 10.8. The molecule has 0 saturated heterocycles. The van der Waals surface area contributed by atoms with Gasteiger partial charge in [0.25, 0.3) is 0 Å². The first-order valence-corrected chi connectivity index (χ1v) is 5.35. The summed E-state index contributed by atoms with van der Waals surface area (Å²) in [4.78, 5) is 23.0. The van der Waals surface area contributed by atoms with Crippen LogP contribution in [0.5, 0.6) is 0 Å². The monoisotopic (exact) mass is 251 g/mol. The molecule has 0 aliphatic carbocycles. The second-order valence-electron chi connectivity index (χ2n) is 3.56. The minimum Gasteiger partial charge on any atom is -0.394 e. The Labute approximate surface area is 103 Å². The van der Waals surface area contributed by atoms with E-state index in [0.29, 0.717) is 11.2 Å². The van der Waals surface area contributed by atoms with Crippen LogP contribution in [0.2, 0.25) is 0 Å². The summed E-state index contributed by atoms with van der Waals surface area (Å²) < 4.78 is 6.89. The van der Waals surface area contributed by atoms with Crippen LogP contribution >= 0.6 is 0 Å². The van der Waals surface area contributed by atoms with Crippen molar-refractivity contribution in [3.63, 3.8) is 0 Å². The summed E-state index contributed by atoms with van der Waals surface area (Å²) in [6.07, 6.45) is 3.12. The number of anilines is 1. The molecule has 8 heteroatoms. The van der Waals surface area contributed by atoms with Crippen LogP contribution < -0.4 is 5.32 Å². The topological polar surface area (TPSA) is 102 Å². The quantitative estimate of drug-likeness (QED) is 0.710. The van der Waals surface area contributed by atoms with Gasteiger partial charge in [-0.3, -0.25) is 10.1 Å². The van der Waals surface area contributed by atoms with Crippen molar-refractivity contribution >= 4 is 23.0 Å². The average molecular weight is 251 g/mol. The highest BCUT2D eigenvalue weighted by Crippen LogP contribution is 2.11. The highest BCUT2D eigenvalue weighted by Gasteiger charge is 2.07. The lowest BCUT2D eigenvalue weighted by atomic mass is 10.5. The number of imidazole rings is 1. The van der Waals surface area contributed by atoms with E-state index in [1.165, 1.54) is 6.92 Å². The Kier molecular flexibility index (Phi) is 3.80. The first-order valence-electron chi connectivity index (χ1n) is 5.35. The summed E-state index contributed by atoms with van der Waals surface area (Å²) in [6, 6.07) is 0. The average Bonchev–Trinajstić information content (AvgIpc) is 2.71. The second kappa shape index (κ2) is 5.52. The summed E-state index contributed by atoms with van der Waals surface area (Å²) in [5, 5.41) is 11.1. The molecule has 0 spiro atoms. The molecule has 2 rings (SSSR count). The maximum absolute atomic E-state index is 10.9. The molecular weight excluding hydrogens is 238 g/mol. The SMILES string of the molecule is CC(=O)Nc1ncc2c(ncn2COCCO)n1. The van der Waals surface area contributed by atoms with Gasteiger partial charge in [-0.2, -0.15) is 4.98 Å². The zero-order chi connectivity index (χ0) is 13.0. The van der Waals surface area contributed by atoms with Gasteiger partial charge in [-0.1, -0.05) is 0 Å². The van der Waals surface area contributed by atoms with Crippen LogP contribution in [0.15, 0.2) is 12.5 Å². The molecule has 0 saturated carbocycles. The molecule has 2 heterocycles. The summed E-state index contributed by atoms with van der Waals surface area (Å²) in [7, 11) is 0. The first-order chi connectivity index (χ1) is 8.70. The number of hydrogen-bond donors (Lipinski definition) is 2. The number of fused-ring (bicyclic) bond motifs is 1. The molecule has 8 nitrogen and oxygen atoms in total. The van der Waals surface area contributed by atoms with Gasteiger partial charge in [0.05, 0.1) is 25.7 Å². The van der Waals surface area contributed by atoms with Gasteiger partial charge >= 0.3 is 0 Å². The Morgan fingerprint density at radius 3 is 3.11 bits per heavy atom. The van der Waals surface area contributed by atoms with E-state index in [1.54, 1.807) is 17.1 Å². The number of ether oxygens (including phenoxy) is 1. The van der Waals surface area contributed by atoms with Crippen molar-refractivity contribution in [1.82, 2.24) is 19.5 Å². The number of nitrogens with one attached hydrogen (secondary N) is 1. The number of nitrogens with zero attached hydrogens (tertiary/aromatic N) is 4. The van der Waals surface area contributed by atoms with Gasteiger partial charge in [-0.25, -0.2) is 9.97 Å². The molecule has 0 aromatic carbocycles. The number of aliphatic hydroxyl groups is 1. The van der Waals surface area contributed by atoms with Crippen molar-refractivity contribution in [2.24, 2.45) is 0 Å². The van der Waals surface area contributed by atoms with E-state index in [4.69, 9.17) is 9.84 Å². The van der Waals surface area contributed by atoms with Crippen molar-refractivity contribution in [2.75, 3.05) is 18.5 Å². The summed E-state index contributed by atoms with van der Waals surface area (Å²) in [6.45, 7) is 1.87. The van der Waals surface area contributed by atoms with Crippen molar-refractivity contribution < 1.29 is 14.6 Å². The molecule has 18 heavy (non-hydrogen) atoms. The van der Waals surface area contributed by atoms with Gasteiger partial charge in [0.2, 0.25) is 11.9 Å². The lowest BCUT2D eigenvalue weighted by Gasteiger charge is -2.04. The molecule has 2 N–H and O–H groups in total. The zero-order valence-corrected chi connectivity index (χ0v) is 9.83. The van der Waals surface area contributed by atoms with Gasteiger partial charge in [0.1, 0.15) is 12.2 Å². The van der Waals surface area contributed by atoms with E-state index in [-0.39, 0.29) is 31.8 Å². The van der Waals surface area contributed by atoms with E-state index >= 15 is 0 Å². The number of amides is 1. The third-order valence-electron chi connectivity index (χ3n) is 2.13. The summed E-state index contributed by atoms with van der Waals surface area (Å²) in [5.74, 6) is -0.0170. The fourth-order valence-electron chi connectivity index (χ4n) is 1.40. The molecule has 2 aromatic heterocycles. The maximum Gasteiger partial charge on any atom is 0.231 e. The van der Waals surface area contributed by atoms with Crippen LogP contribution in [0.25, 0.3) is 11.2 Å². The van der Waals surface area contributed by atoms with Gasteiger partial charge in [0.15, 0.2) is 5.65 Å². The molecule has 1 amide bonds. The fourth-order valence-corrected chi connectivity index (χ4v) is 1.40. The highest BCUT2D eigenvalue weighted by atomic mass is 16.5. The minimum absolute atomic E-state index is 0.0319. The Balaban J connectivity index is 2.18. The van der Waals surface area contributed by atoms with Gasteiger partial charge < -0.3 is 14.4 Å². The predicted molar refractivity (Wildman–Crippen MR) is 62.7 cm³/mol. The van der Waals surface area contributed by atoms with Crippen LogP contribution in [-0.2, 0) is 16.3 Å². The van der Waals surface area contributed by atoms with Crippen molar-refractivity contribution in [3.05, 3.63) is 12.5 Å². The molecule has 0 aliphatic heterocycles. The van der Waals surface area contributed by atoms with Crippen molar-refractivity contribution in [1.29, 1.82) is 0 Å². The molecule has 0 radical (unpaired) electrons. The van der Waals surface area contributed by atoms with Crippen LogP contribution in [0, 0.1) is 0 Å². The lowest BCUT2D eigenvalue weighted by molar-refractivity contribution is -0.114. The van der Waals surface area contributed by atoms with Crippen LogP contribution in [0.3, 0.4) is 0 Å². The third-order valence-corrected chi connectivity index (χ3v) is 2.13. The van der Waals surface area contributed by atoms with Crippen LogP contribution in [0.4, 0.5) is 5.95 Å². The van der Waals surface area contributed by atoms with Crippen LogP contribution in [0.1, 0.15) is 6.92 Å². The number of aliphatic hydroxyl groups excluding tert-OH is 1. The second-order valence-corrected chi connectivity index (χ2v) is 3.56. The number of carbonyl (C=O) groups is 1. The Morgan fingerprint density at radius 2 is 2.39 bits per heavy atom. The van der Waals surface area contributed by atoms with E-state index in [2.05, 4.69) is 20.3 Å². The van der Waals surface area contributed by atoms with Crippen molar-refractivity contribution in [2.45, 2.75) is 13.7 Å². The molecule has 0 bridgehead atoms. The molecule has 0 atom stereocenters. The summed E-state index contributed by atoms with van der Waals surface area (Å²) in [5.41, 5.74) is 1.17. The summed E-state index contributed by atoms with van der Waals surface area (Å²) >= 11 is 0. The largest absolute Gasteiger partial charge is 0.394 e. The van der Waals surface area contributed by atoms with E-state index < -0.39 is 0 Å². The smallest absolute Gasteiger partial charge is 0.231 e. The standard InChI is InChI=1S/C10H13N5O3/c1-7(17)13-10-11-4-8-9(14-10)12-5-15(8)6-18-3-2-16/h4-5,16H,2-3,6H2,1H3,(H,11,13,14,17). The molecule has 0 aliphatic rings. The number of aromatic nitrogens is 4. The minimum atomic E-state index is -0.236. The fraction of sp³-hybridized carbons (Fsp3) is 0.400. The Hall–Kier alpha value is -2.06. The molecule has 2 aromatic rings. The maximum atomic E-state index is 10.9. The molecule has 0 fully saturated rings. The van der Waals surface area contributed by atoms with E-state index in [0.717, 1.165) is 0 Å². The molecule has 0 unspecified atom stereocenters. The van der Waals surface area contributed by atoms with E-state index in [9.17, 15) is 4.79 Å². The highest BCUT2D eigenvalue weighted by molar-refractivity contribution is 5.87. The van der Waals surface area contributed by atoms with Gasteiger partial charge in [-0.15, -0.1) is 0 Å². The van der Waals surface area contributed by atoms with Gasteiger partial charge in [-0.05, 0) is 0 Å². The number of carbonyl (C=O) groups excluding carboxylic acids is 1. The lowest BCUT2D eigenvalue weighted by Crippen LogP contribution is -2.09. The third kappa shape index (κ3) is 2.79. The number of rotatable bonds is 5. The zero-order valence-electron chi connectivity index (χ0n) is 9.83.